The van der Waals surface area contributed by atoms with Crippen LogP contribution < -0.4 is 10.6 Å². The lowest BCUT2D eigenvalue weighted by atomic mass is 10.3. The number of nitro groups is 1. The maximum atomic E-state index is 12.2. The van der Waals surface area contributed by atoms with Gasteiger partial charge in [0.05, 0.1) is 10.6 Å². The third kappa shape index (κ3) is 5.75. The summed E-state index contributed by atoms with van der Waals surface area (Å²) in [6.07, 6.45) is 2.56. The van der Waals surface area contributed by atoms with Crippen LogP contribution in [0.2, 0.25) is 0 Å². The van der Waals surface area contributed by atoms with Crippen LogP contribution in [0.3, 0.4) is 0 Å². The summed E-state index contributed by atoms with van der Waals surface area (Å²) in [5, 5.41) is 21.1. The maximum Gasteiger partial charge on any atom is 0.271 e. The highest BCUT2D eigenvalue weighted by Gasteiger charge is 2.12. The molecule has 1 saturated heterocycles. The number of rotatable bonds is 7. The van der Waals surface area contributed by atoms with E-state index in [4.69, 9.17) is 0 Å². The Morgan fingerprint density at radius 1 is 1.22 bits per heavy atom. The predicted molar refractivity (Wildman–Crippen MR) is 104 cm³/mol. The highest BCUT2D eigenvalue weighted by Crippen LogP contribution is 2.14. The van der Waals surface area contributed by atoms with Gasteiger partial charge in [-0.2, -0.15) is 5.10 Å². The summed E-state index contributed by atoms with van der Waals surface area (Å²) in [5.41, 5.74) is 1.00. The van der Waals surface area contributed by atoms with E-state index >= 15 is 0 Å². The zero-order chi connectivity index (χ0) is 18.4. The van der Waals surface area contributed by atoms with Crippen LogP contribution in [0.15, 0.2) is 36.5 Å². The molecule has 0 bridgehead atoms. The Kier molecular flexibility index (Phi) is 7.71. The molecule has 1 aliphatic heterocycles. The number of nitro benzene ring substituents is 1. The number of carbonyl (C=O) groups is 1. The van der Waals surface area contributed by atoms with Crippen LogP contribution in [0, 0.1) is 10.1 Å². The first kappa shape index (κ1) is 20.8. The molecule has 1 fully saturated rings. The van der Waals surface area contributed by atoms with E-state index in [0.717, 1.165) is 39.1 Å². The van der Waals surface area contributed by atoms with Gasteiger partial charge in [0, 0.05) is 51.1 Å². The van der Waals surface area contributed by atoms with E-state index in [9.17, 15) is 14.9 Å². The molecular weight excluding hydrogens is 372 g/mol. The van der Waals surface area contributed by atoms with Crippen molar-refractivity contribution < 1.29 is 9.72 Å². The molecule has 9 nitrogen and oxygen atoms in total. The largest absolute Gasteiger partial charge is 0.351 e. The molecule has 0 saturated carbocycles. The molecular formula is C17H23ClN6O3. The number of nitrogens with one attached hydrogen (secondary N) is 2. The van der Waals surface area contributed by atoms with Crippen molar-refractivity contribution in [1.82, 2.24) is 25.3 Å². The molecule has 0 spiro atoms. The molecule has 2 aromatic rings. The average molecular weight is 395 g/mol. The summed E-state index contributed by atoms with van der Waals surface area (Å²) in [6.45, 7) is 5.71. The standard InChI is InChI=1S/C17H22N6O3.ClH/c24-17(19-7-1-10-21-12-8-18-9-13-21)16-6-11-22(20-16)14-2-4-15(5-3-14)23(25)26;/h2-6,11,18H,1,7-10,12-13H2,(H,19,24);1H. The van der Waals surface area contributed by atoms with E-state index in [1.54, 1.807) is 24.4 Å². The Labute approximate surface area is 163 Å². The van der Waals surface area contributed by atoms with Gasteiger partial charge in [0.1, 0.15) is 0 Å². The van der Waals surface area contributed by atoms with Gasteiger partial charge < -0.3 is 15.5 Å². The predicted octanol–water partition coefficient (Wildman–Crippen LogP) is 1.23. The van der Waals surface area contributed by atoms with Crippen LogP contribution in [0.25, 0.3) is 5.69 Å². The van der Waals surface area contributed by atoms with E-state index in [1.165, 1.54) is 16.8 Å². The Bertz CT molecular complexity index is 758. The number of piperazine rings is 1. The van der Waals surface area contributed by atoms with Crippen LogP contribution in [-0.4, -0.2) is 64.8 Å². The Morgan fingerprint density at radius 2 is 1.93 bits per heavy atom. The third-order valence-electron chi connectivity index (χ3n) is 4.29. The minimum absolute atomic E-state index is 0. The number of hydrogen-bond donors (Lipinski definition) is 2. The van der Waals surface area contributed by atoms with Gasteiger partial charge in [-0.3, -0.25) is 14.9 Å². The number of non-ortho nitro benzene ring substituents is 1. The first-order valence-electron chi connectivity index (χ1n) is 8.65. The molecule has 0 aliphatic carbocycles. The zero-order valence-corrected chi connectivity index (χ0v) is 15.7. The summed E-state index contributed by atoms with van der Waals surface area (Å²) >= 11 is 0. The summed E-state index contributed by atoms with van der Waals surface area (Å²) in [5.74, 6) is -0.217. The van der Waals surface area contributed by atoms with Crippen molar-refractivity contribution in [2.75, 3.05) is 39.3 Å². The van der Waals surface area contributed by atoms with E-state index < -0.39 is 4.92 Å². The number of amides is 1. The second-order valence-corrected chi connectivity index (χ2v) is 6.12. The van der Waals surface area contributed by atoms with Gasteiger partial charge in [0.15, 0.2) is 5.69 Å². The molecule has 1 aromatic heterocycles. The number of nitrogens with zero attached hydrogens (tertiary/aromatic N) is 4. The van der Waals surface area contributed by atoms with Crippen LogP contribution in [0.4, 0.5) is 5.69 Å². The van der Waals surface area contributed by atoms with Crippen LogP contribution in [0.5, 0.6) is 0 Å². The maximum absolute atomic E-state index is 12.2. The van der Waals surface area contributed by atoms with E-state index in [0.29, 0.717) is 17.9 Å². The van der Waals surface area contributed by atoms with Crippen LogP contribution in [-0.2, 0) is 0 Å². The minimum atomic E-state index is -0.452. The molecule has 1 amide bonds. The minimum Gasteiger partial charge on any atom is -0.351 e. The molecule has 146 valence electrons. The fourth-order valence-electron chi connectivity index (χ4n) is 2.85. The normalized spacial score (nSPS) is 14.4. The molecule has 2 N–H and O–H groups in total. The second kappa shape index (κ2) is 10.0. The highest BCUT2D eigenvalue weighted by atomic mass is 35.5. The van der Waals surface area contributed by atoms with Crippen molar-refractivity contribution in [3.05, 3.63) is 52.3 Å². The summed E-state index contributed by atoms with van der Waals surface area (Å²) < 4.78 is 1.53. The molecule has 10 heteroatoms. The van der Waals surface area contributed by atoms with Gasteiger partial charge in [-0.05, 0) is 31.2 Å². The van der Waals surface area contributed by atoms with Crippen molar-refractivity contribution in [3.63, 3.8) is 0 Å². The lowest BCUT2D eigenvalue weighted by Crippen LogP contribution is -2.44. The highest BCUT2D eigenvalue weighted by molar-refractivity contribution is 5.92. The summed E-state index contributed by atoms with van der Waals surface area (Å²) in [6, 6.07) is 7.65. The van der Waals surface area contributed by atoms with Gasteiger partial charge in [0.25, 0.3) is 11.6 Å². The van der Waals surface area contributed by atoms with Crippen molar-refractivity contribution in [1.29, 1.82) is 0 Å². The van der Waals surface area contributed by atoms with E-state index in [2.05, 4.69) is 20.6 Å². The molecule has 0 atom stereocenters. The fourth-order valence-corrected chi connectivity index (χ4v) is 2.85. The van der Waals surface area contributed by atoms with Crippen molar-refractivity contribution in [2.24, 2.45) is 0 Å². The molecule has 27 heavy (non-hydrogen) atoms. The fraction of sp³-hybridized carbons (Fsp3) is 0.412. The van der Waals surface area contributed by atoms with Crippen molar-refractivity contribution in [2.45, 2.75) is 6.42 Å². The summed E-state index contributed by atoms with van der Waals surface area (Å²) in [7, 11) is 0. The van der Waals surface area contributed by atoms with Crippen molar-refractivity contribution in [3.8, 4) is 5.69 Å². The first-order chi connectivity index (χ1) is 12.6. The lowest BCUT2D eigenvalue weighted by molar-refractivity contribution is -0.384. The average Bonchev–Trinajstić information content (AvgIpc) is 3.16. The van der Waals surface area contributed by atoms with E-state index in [-0.39, 0.29) is 24.0 Å². The molecule has 2 heterocycles. The van der Waals surface area contributed by atoms with Crippen LogP contribution in [0.1, 0.15) is 16.9 Å². The third-order valence-corrected chi connectivity index (χ3v) is 4.29. The van der Waals surface area contributed by atoms with E-state index in [1.807, 2.05) is 0 Å². The van der Waals surface area contributed by atoms with Gasteiger partial charge in [0.2, 0.25) is 0 Å². The second-order valence-electron chi connectivity index (χ2n) is 6.12. The van der Waals surface area contributed by atoms with Gasteiger partial charge in [-0.1, -0.05) is 0 Å². The zero-order valence-electron chi connectivity index (χ0n) is 14.8. The number of benzene rings is 1. The SMILES string of the molecule is Cl.O=C(NCCCN1CCNCC1)c1ccn(-c2ccc([N+](=O)[O-])cc2)n1. The number of aromatic nitrogens is 2. The Morgan fingerprint density at radius 3 is 2.59 bits per heavy atom. The Hall–Kier alpha value is -2.49. The quantitative estimate of drug-likeness (QED) is 0.415. The van der Waals surface area contributed by atoms with Gasteiger partial charge >= 0.3 is 0 Å². The molecule has 0 radical (unpaired) electrons. The summed E-state index contributed by atoms with van der Waals surface area (Å²) in [4.78, 5) is 24.8. The monoisotopic (exact) mass is 394 g/mol. The smallest absolute Gasteiger partial charge is 0.271 e. The number of hydrogen-bond acceptors (Lipinski definition) is 6. The number of carbonyl (C=O) groups excluding carboxylic acids is 1. The molecule has 1 aliphatic rings. The van der Waals surface area contributed by atoms with Gasteiger partial charge in [-0.25, -0.2) is 4.68 Å². The molecule has 0 unspecified atom stereocenters. The molecule has 1 aromatic carbocycles. The molecule has 3 rings (SSSR count). The number of halogens is 1. The first-order valence-corrected chi connectivity index (χ1v) is 8.65. The Balaban J connectivity index is 0.00000261. The van der Waals surface area contributed by atoms with Crippen molar-refractivity contribution >= 4 is 24.0 Å². The van der Waals surface area contributed by atoms with Gasteiger partial charge in [-0.15, -0.1) is 12.4 Å². The topological polar surface area (TPSA) is 105 Å². The lowest BCUT2D eigenvalue weighted by Gasteiger charge is -2.26. The van der Waals surface area contributed by atoms with Crippen LogP contribution >= 0.6 is 12.4 Å².